The number of hydrogen-bond acceptors (Lipinski definition) is 7. The van der Waals surface area contributed by atoms with E-state index in [1.165, 1.54) is 11.8 Å². The average molecular weight is 347 g/mol. The van der Waals surface area contributed by atoms with Crippen LogP contribution in [0.3, 0.4) is 0 Å². The normalized spacial score (nSPS) is 14.0. The second kappa shape index (κ2) is 10.6. The standard InChI is InChI=1S/C16H29NO5S/c1-6-13(18)21-8-11(22-14(19)7-2)9-23-10-12(17)15(20)16(3,4)5/h11-12H,6-10,17H2,1-5H3/t11?,12-/m1/s1. The Balaban J connectivity index is 4.39. The van der Waals surface area contributed by atoms with Crippen LogP contribution >= 0.6 is 11.8 Å². The smallest absolute Gasteiger partial charge is 0.305 e. The Morgan fingerprint density at radius 2 is 1.61 bits per heavy atom. The Morgan fingerprint density at radius 3 is 2.09 bits per heavy atom. The van der Waals surface area contributed by atoms with Gasteiger partial charge in [-0.3, -0.25) is 14.4 Å². The molecular weight excluding hydrogens is 318 g/mol. The molecule has 23 heavy (non-hydrogen) atoms. The number of nitrogens with two attached hydrogens (primary N) is 1. The van der Waals surface area contributed by atoms with Gasteiger partial charge in [-0.15, -0.1) is 0 Å². The van der Waals surface area contributed by atoms with Crippen molar-refractivity contribution in [3.63, 3.8) is 0 Å². The topological polar surface area (TPSA) is 95.7 Å². The Kier molecular flexibility index (Phi) is 10.1. The van der Waals surface area contributed by atoms with Gasteiger partial charge in [-0.2, -0.15) is 11.8 Å². The molecule has 0 bridgehead atoms. The van der Waals surface area contributed by atoms with Crippen molar-refractivity contribution in [3.8, 4) is 0 Å². The maximum atomic E-state index is 12.0. The van der Waals surface area contributed by atoms with Crippen molar-refractivity contribution >= 4 is 29.5 Å². The molecule has 0 aromatic heterocycles. The van der Waals surface area contributed by atoms with E-state index < -0.39 is 17.6 Å². The van der Waals surface area contributed by atoms with E-state index >= 15 is 0 Å². The van der Waals surface area contributed by atoms with Gasteiger partial charge >= 0.3 is 11.9 Å². The number of ketones is 1. The van der Waals surface area contributed by atoms with Crippen LogP contribution in [0.15, 0.2) is 0 Å². The summed E-state index contributed by atoms with van der Waals surface area (Å²) in [5, 5.41) is 0. The highest BCUT2D eigenvalue weighted by Gasteiger charge is 2.27. The molecule has 0 aliphatic rings. The number of ether oxygens (including phenoxy) is 2. The number of esters is 2. The van der Waals surface area contributed by atoms with Gasteiger partial charge < -0.3 is 15.2 Å². The summed E-state index contributed by atoms with van der Waals surface area (Å²) in [5.74, 6) is 0.154. The minimum absolute atomic E-state index is 0.00971. The third kappa shape index (κ3) is 9.61. The Morgan fingerprint density at radius 1 is 1.04 bits per heavy atom. The molecule has 0 rings (SSSR count). The fourth-order valence-corrected chi connectivity index (χ4v) is 2.60. The largest absolute Gasteiger partial charge is 0.462 e. The first kappa shape index (κ1) is 21.9. The summed E-state index contributed by atoms with van der Waals surface area (Å²) in [5.41, 5.74) is 5.42. The molecule has 1 unspecified atom stereocenters. The molecule has 2 N–H and O–H groups in total. The van der Waals surface area contributed by atoms with E-state index in [2.05, 4.69) is 0 Å². The molecule has 0 spiro atoms. The van der Waals surface area contributed by atoms with Crippen molar-refractivity contribution in [2.45, 2.75) is 59.6 Å². The maximum absolute atomic E-state index is 12.0. The van der Waals surface area contributed by atoms with Crippen LogP contribution in [-0.2, 0) is 23.9 Å². The Bertz CT molecular complexity index is 406. The number of hydrogen-bond donors (Lipinski definition) is 1. The summed E-state index contributed by atoms with van der Waals surface area (Å²) >= 11 is 1.41. The van der Waals surface area contributed by atoms with Crippen molar-refractivity contribution in [1.29, 1.82) is 0 Å². The fraction of sp³-hybridized carbons (Fsp3) is 0.812. The van der Waals surface area contributed by atoms with Crippen LogP contribution in [0.2, 0.25) is 0 Å². The van der Waals surface area contributed by atoms with Gasteiger partial charge in [0.1, 0.15) is 12.7 Å². The van der Waals surface area contributed by atoms with Gasteiger partial charge in [0, 0.05) is 29.8 Å². The van der Waals surface area contributed by atoms with Crippen molar-refractivity contribution in [3.05, 3.63) is 0 Å². The summed E-state index contributed by atoms with van der Waals surface area (Å²) in [6.45, 7) is 8.90. The molecule has 134 valence electrons. The predicted molar refractivity (Wildman–Crippen MR) is 91.2 cm³/mol. The number of rotatable bonds is 10. The lowest BCUT2D eigenvalue weighted by atomic mass is 9.87. The summed E-state index contributed by atoms with van der Waals surface area (Å²) < 4.78 is 10.3. The number of Topliss-reactive ketones (excluding diaryl/α,β-unsaturated/α-hetero) is 1. The van der Waals surface area contributed by atoms with Crippen LogP contribution in [0.25, 0.3) is 0 Å². The van der Waals surface area contributed by atoms with Crippen LogP contribution in [0.1, 0.15) is 47.5 Å². The highest BCUT2D eigenvalue weighted by atomic mass is 32.2. The zero-order valence-corrected chi connectivity index (χ0v) is 15.5. The van der Waals surface area contributed by atoms with E-state index in [1.54, 1.807) is 13.8 Å². The number of thioether (sulfide) groups is 1. The fourth-order valence-electron chi connectivity index (χ4n) is 1.63. The first-order chi connectivity index (χ1) is 10.6. The lowest BCUT2D eigenvalue weighted by Gasteiger charge is -2.22. The number of carbonyl (C=O) groups excluding carboxylic acids is 3. The molecule has 7 heteroatoms. The molecule has 0 aromatic carbocycles. The van der Waals surface area contributed by atoms with Crippen molar-refractivity contribution in [2.75, 3.05) is 18.1 Å². The highest BCUT2D eigenvalue weighted by Crippen LogP contribution is 2.18. The summed E-state index contributed by atoms with van der Waals surface area (Å²) in [6, 6.07) is -0.569. The van der Waals surface area contributed by atoms with Crippen LogP contribution < -0.4 is 5.73 Å². The van der Waals surface area contributed by atoms with E-state index in [-0.39, 0.29) is 37.2 Å². The van der Waals surface area contributed by atoms with E-state index in [0.717, 1.165) is 0 Å². The molecule has 6 nitrogen and oxygen atoms in total. The number of carbonyl (C=O) groups is 3. The molecule has 2 atom stereocenters. The van der Waals surface area contributed by atoms with E-state index in [9.17, 15) is 14.4 Å². The van der Waals surface area contributed by atoms with Crippen molar-refractivity contribution in [2.24, 2.45) is 11.1 Å². The van der Waals surface area contributed by atoms with Gasteiger partial charge in [-0.1, -0.05) is 34.6 Å². The zero-order chi connectivity index (χ0) is 18.0. The molecule has 0 saturated heterocycles. The molecule has 0 amide bonds. The van der Waals surface area contributed by atoms with E-state index in [0.29, 0.717) is 11.5 Å². The van der Waals surface area contributed by atoms with Gasteiger partial charge in [0.2, 0.25) is 0 Å². The minimum Gasteiger partial charge on any atom is -0.462 e. The molecule has 0 aromatic rings. The summed E-state index contributed by atoms with van der Waals surface area (Å²) in [4.78, 5) is 34.7. The highest BCUT2D eigenvalue weighted by molar-refractivity contribution is 7.99. The van der Waals surface area contributed by atoms with Gasteiger partial charge in [-0.05, 0) is 0 Å². The quantitative estimate of drug-likeness (QED) is 0.603. The Labute approximate surface area is 142 Å². The lowest BCUT2D eigenvalue weighted by Crippen LogP contribution is -2.41. The van der Waals surface area contributed by atoms with Crippen LogP contribution in [-0.4, -0.2) is 48.0 Å². The van der Waals surface area contributed by atoms with Crippen molar-refractivity contribution in [1.82, 2.24) is 0 Å². The molecule has 0 aliphatic carbocycles. The molecule has 0 fully saturated rings. The first-order valence-corrected chi connectivity index (χ1v) is 9.00. The molecule has 0 heterocycles. The SMILES string of the molecule is CCC(=O)OCC(CSC[C@@H](N)C(=O)C(C)(C)C)OC(=O)CC. The minimum atomic E-state index is -0.569. The van der Waals surface area contributed by atoms with E-state index in [1.807, 2.05) is 20.8 Å². The maximum Gasteiger partial charge on any atom is 0.305 e. The van der Waals surface area contributed by atoms with Crippen molar-refractivity contribution < 1.29 is 23.9 Å². The first-order valence-electron chi connectivity index (χ1n) is 7.84. The van der Waals surface area contributed by atoms with Crippen LogP contribution in [0, 0.1) is 5.41 Å². The van der Waals surface area contributed by atoms with Gasteiger partial charge in [0.05, 0.1) is 6.04 Å². The van der Waals surface area contributed by atoms with Gasteiger partial charge in [-0.25, -0.2) is 0 Å². The van der Waals surface area contributed by atoms with Crippen LogP contribution in [0.4, 0.5) is 0 Å². The van der Waals surface area contributed by atoms with Gasteiger partial charge in [0.25, 0.3) is 0 Å². The summed E-state index contributed by atoms with van der Waals surface area (Å²) in [7, 11) is 0. The predicted octanol–water partition coefficient (Wildman–Crippen LogP) is 1.94. The van der Waals surface area contributed by atoms with E-state index in [4.69, 9.17) is 15.2 Å². The third-order valence-corrected chi connectivity index (χ3v) is 4.19. The second-order valence-electron chi connectivity index (χ2n) is 6.26. The van der Waals surface area contributed by atoms with Gasteiger partial charge in [0.15, 0.2) is 5.78 Å². The molecule has 0 aliphatic heterocycles. The molecular formula is C16H29NO5S. The molecule has 0 radical (unpaired) electrons. The monoisotopic (exact) mass is 347 g/mol. The average Bonchev–Trinajstić information content (AvgIpc) is 2.49. The third-order valence-electron chi connectivity index (χ3n) is 2.98. The van der Waals surface area contributed by atoms with Crippen LogP contribution in [0.5, 0.6) is 0 Å². The molecule has 0 saturated carbocycles. The lowest BCUT2D eigenvalue weighted by molar-refractivity contribution is -0.157. The Hall–Kier alpha value is -1.08. The second-order valence-corrected chi connectivity index (χ2v) is 7.34. The zero-order valence-electron chi connectivity index (χ0n) is 14.7. The summed E-state index contributed by atoms with van der Waals surface area (Å²) in [6.07, 6.45) is -0.00262.